The molecule has 0 atom stereocenters. The number of hydrogen-bond donors (Lipinski definition) is 1. The molecule has 112 valence electrons. The van der Waals surface area contributed by atoms with Gasteiger partial charge in [-0.1, -0.05) is 17.7 Å². The summed E-state index contributed by atoms with van der Waals surface area (Å²) in [6.07, 6.45) is 6.37. The molecule has 1 N–H and O–H groups in total. The lowest BCUT2D eigenvalue weighted by Crippen LogP contribution is -2.17. The van der Waals surface area contributed by atoms with Crippen LogP contribution < -0.4 is 5.56 Å². The molecule has 0 aliphatic rings. The Morgan fingerprint density at radius 2 is 2.22 bits per heavy atom. The summed E-state index contributed by atoms with van der Waals surface area (Å²) in [5, 5.41) is 5.12. The van der Waals surface area contributed by atoms with Crippen LogP contribution in [0.5, 0.6) is 0 Å². The molecule has 23 heavy (non-hydrogen) atoms. The fraction of sp³-hybridized carbons (Fsp3) is 0.0588. The first-order valence-electron chi connectivity index (χ1n) is 7.16. The van der Waals surface area contributed by atoms with Crippen molar-refractivity contribution < 1.29 is 0 Å². The number of fused-ring (bicyclic) bond motifs is 3. The standard InChI is InChI=1S/C17H13N5O/c1-11-4-5-14-13(7-11)15-16(21-14)17(23)22(10-19-15)20-9-12-3-2-6-18-8-12/h2-10,21H,1H3/b20-9+. The lowest BCUT2D eigenvalue weighted by atomic mass is 10.2. The first kappa shape index (κ1) is 13.4. The van der Waals surface area contributed by atoms with Crippen LogP contribution in [0.3, 0.4) is 0 Å². The first-order valence-corrected chi connectivity index (χ1v) is 7.16. The van der Waals surface area contributed by atoms with E-state index in [4.69, 9.17) is 0 Å². The molecule has 0 aliphatic carbocycles. The van der Waals surface area contributed by atoms with Crippen LogP contribution in [-0.2, 0) is 0 Å². The topological polar surface area (TPSA) is 75.9 Å². The van der Waals surface area contributed by atoms with Crippen molar-refractivity contribution in [1.82, 2.24) is 19.6 Å². The number of rotatable bonds is 2. The summed E-state index contributed by atoms with van der Waals surface area (Å²) in [4.78, 5) is 24.1. The molecule has 3 aromatic heterocycles. The van der Waals surface area contributed by atoms with Gasteiger partial charge < -0.3 is 4.98 Å². The molecule has 0 spiro atoms. The maximum absolute atomic E-state index is 12.6. The van der Waals surface area contributed by atoms with Crippen molar-refractivity contribution in [2.75, 3.05) is 0 Å². The largest absolute Gasteiger partial charge is 0.349 e. The molecule has 0 bridgehead atoms. The number of H-pyrrole nitrogens is 1. The van der Waals surface area contributed by atoms with Gasteiger partial charge in [0, 0.05) is 28.9 Å². The van der Waals surface area contributed by atoms with Crippen LogP contribution in [0, 0.1) is 6.92 Å². The minimum absolute atomic E-state index is 0.232. The average molecular weight is 303 g/mol. The lowest BCUT2D eigenvalue weighted by Gasteiger charge is -1.97. The van der Waals surface area contributed by atoms with Crippen LogP contribution >= 0.6 is 0 Å². The molecule has 0 fully saturated rings. The number of aryl methyl sites for hydroxylation is 1. The van der Waals surface area contributed by atoms with Crippen LogP contribution in [0.15, 0.2) is 58.9 Å². The summed E-state index contributed by atoms with van der Waals surface area (Å²) in [5.41, 5.74) is 3.72. The quantitative estimate of drug-likeness (QED) is 0.578. The zero-order valence-corrected chi connectivity index (χ0v) is 12.4. The van der Waals surface area contributed by atoms with E-state index in [2.05, 4.69) is 20.1 Å². The van der Waals surface area contributed by atoms with E-state index in [0.717, 1.165) is 22.0 Å². The summed E-state index contributed by atoms with van der Waals surface area (Å²) in [5.74, 6) is 0. The van der Waals surface area contributed by atoms with Gasteiger partial charge in [-0.2, -0.15) is 9.78 Å². The lowest BCUT2D eigenvalue weighted by molar-refractivity contribution is 0.815. The Hall–Kier alpha value is -3.28. The number of pyridine rings is 1. The van der Waals surface area contributed by atoms with Crippen LogP contribution in [0.4, 0.5) is 0 Å². The zero-order chi connectivity index (χ0) is 15.8. The second kappa shape index (κ2) is 5.17. The minimum atomic E-state index is -0.232. The van der Waals surface area contributed by atoms with Gasteiger partial charge in [-0.25, -0.2) is 4.98 Å². The van der Waals surface area contributed by atoms with Crippen molar-refractivity contribution in [3.63, 3.8) is 0 Å². The van der Waals surface area contributed by atoms with Crippen molar-refractivity contribution in [3.8, 4) is 0 Å². The van der Waals surface area contributed by atoms with E-state index < -0.39 is 0 Å². The van der Waals surface area contributed by atoms with E-state index in [1.807, 2.05) is 37.3 Å². The minimum Gasteiger partial charge on any atom is -0.349 e. The van der Waals surface area contributed by atoms with Crippen LogP contribution in [0.1, 0.15) is 11.1 Å². The molecule has 0 unspecified atom stereocenters. The molecule has 0 amide bonds. The Balaban J connectivity index is 1.87. The average Bonchev–Trinajstić information content (AvgIpc) is 2.94. The Morgan fingerprint density at radius 1 is 1.30 bits per heavy atom. The SMILES string of the molecule is Cc1ccc2[nH]c3c(=O)n(/N=C/c4cccnc4)cnc3c2c1. The van der Waals surface area contributed by atoms with Gasteiger partial charge in [0.25, 0.3) is 5.56 Å². The van der Waals surface area contributed by atoms with Gasteiger partial charge in [0.1, 0.15) is 17.4 Å². The Morgan fingerprint density at radius 3 is 3.04 bits per heavy atom. The highest BCUT2D eigenvalue weighted by Crippen LogP contribution is 2.22. The van der Waals surface area contributed by atoms with Gasteiger partial charge in [-0.05, 0) is 25.1 Å². The molecule has 6 heteroatoms. The highest BCUT2D eigenvalue weighted by molar-refractivity contribution is 6.04. The van der Waals surface area contributed by atoms with Crippen LogP contribution in [0.25, 0.3) is 21.9 Å². The van der Waals surface area contributed by atoms with Crippen LogP contribution in [0.2, 0.25) is 0 Å². The Kier molecular flexibility index (Phi) is 3.01. The van der Waals surface area contributed by atoms with Gasteiger partial charge in [-0.3, -0.25) is 9.78 Å². The van der Waals surface area contributed by atoms with Crippen molar-refractivity contribution in [3.05, 3.63) is 70.5 Å². The summed E-state index contributed by atoms with van der Waals surface area (Å²) < 4.78 is 1.22. The van der Waals surface area contributed by atoms with Crippen molar-refractivity contribution >= 4 is 28.2 Å². The molecule has 0 saturated heterocycles. The van der Waals surface area contributed by atoms with E-state index in [9.17, 15) is 4.79 Å². The molecule has 0 aliphatic heterocycles. The second-order valence-corrected chi connectivity index (χ2v) is 5.32. The highest BCUT2D eigenvalue weighted by Gasteiger charge is 2.10. The maximum Gasteiger partial charge on any atom is 0.298 e. The van der Waals surface area contributed by atoms with E-state index in [0.29, 0.717) is 11.0 Å². The Bertz CT molecular complexity index is 1090. The van der Waals surface area contributed by atoms with E-state index in [1.54, 1.807) is 18.6 Å². The molecule has 3 heterocycles. The second-order valence-electron chi connectivity index (χ2n) is 5.32. The number of nitrogens with one attached hydrogen (secondary N) is 1. The molecule has 0 radical (unpaired) electrons. The molecular formula is C17H13N5O. The van der Waals surface area contributed by atoms with Gasteiger partial charge >= 0.3 is 0 Å². The van der Waals surface area contributed by atoms with E-state index in [-0.39, 0.29) is 5.56 Å². The van der Waals surface area contributed by atoms with Crippen LogP contribution in [-0.4, -0.2) is 25.8 Å². The molecule has 1 aromatic carbocycles. The molecule has 0 saturated carbocycles. The van der Waals surface area contributed by atoms with Crippen molar-refractivity contribution in [1.29, 1.82) is 0 Å². The van der Waals surface area contributed by atoms with Gasteiger partial charge in [0.2, 0.25) is 0 Å². The fourth-order valence-corrected chi connectivity index (χ4v) is 2.52. The van der Waals surface area contributed by atoms with E-state index >= 15 is 0 Å². The fourth-order valence-electron chi connectivity index (χ4n) is 2.52. The van der Waals surface area contributed by atoms with E-state index in [1.165, 1.54) is 11.0 Å². The predicted octanol–water partition coefficient (Wildman–Crippen LogP) is 2.46. The molecule has 4 rings (SSSR count). The summed E-state index contributed by atoms with van der Waals surface area (Å²) in [7, 11) is 0. The number of aromatic nitrogens is 4. The number of hydrogen-bond acceptors (Lipinski definition) is 4. The van der Waals surface area contributed by atoms with Gasteiger partial charge in [0.05, 0.1) is 6.21 Å². The first-order chi connectivity index (χ1) is 11.2. The number of nitrogens with zero attached hydrogens (tertiary/aromatic N) is 4. The molecular weight excluding hydrogens is 290 g/mol. The predicted molar refractivity (Wildman–Crippen MR) is 89.8 cm³/mol. The Labute approximate surface area is 131 Å². The third-order valence-corrected chi connectivity index (χ3v) is 3.66. The third-order valence-electron chi connectivity index (χ3n) is 3.66. The summed E-state index contributed by atoms with van der Waals surface area (Å²) >= 11 is 0. The third kappa shape index (κ3) is 2.30. The van der Waals surface area contributed by atoms with Gasteiger partial charge in [-0.15, -0.1) is 0 Å². The number of aromatic amines is 1. The highest BCUT2D eigenvalue weighted by atomic mass is 16.1. The van der Waals surface area contributed by atoms with Crippen molar-refractivity contribution in [2.24, 2.45) is 5.10 Å². The summed E-state index contributed by atoms with van der Waals surface area (Å²) in [6, 6.07) is 9.64. The molecule has 4 aromatic rings. The zero-order valence-electron chi connectivity index (χ0n) is 12.4. The van der Waals surface area contributed by atoms with Crippen molar-refractivity contribution in [2.45, 2.75) is 6.92 Å². The number of benzene rings is 1. The smallest absolute Gasteiger partial charge is 0.298 e. The maximum atomic E-state index is 12.6. The summed E-state index contributed by atoms with van der Waals surface area (Å²) in [6.45, 7) is 2.01. The van der Waals surface area contributed by atoms with Gasteiger partial charge in [0.15, 0.2) is 0 Å². The normalized spacial score (nSPS) is 11.7. The molecule has 6 nitrogen and oxygen atoms in total. The monoisotopic (exact) mass is 303 g/mol.